The number of nitrogens with zero attached hydrogens (tertiary/aromatic N) is 2. The van der Waals surface area contributed by atoms with Gasteiger partial charge < -0.3 is 10.0 Å². The van der Waals surface area contributed by atoms with Crippen LogP contribution in [0, 0.1) is 0 Å². The fourth-order valence-electron chi connectivity index (χ4n) is 3.57. The van der Waals surface area contributed by atoms with E-state index in [4.69, 9.17) is 0 Å². The Morgan fingerprint density at radius 1 is 1.00 bits per heavy atom. The fraction of sp³-hybridized carbons (Fsp3) is 0.238. The van der Waals surface area contributed by atoms with Crippen molar-refractivity contribution < 1.29 is 18.3 Å². The number of carbonyl (C=O) groups excluding carboxylic acids is 1. The van der Waals surface area contributed by atoms with Crippen LogP contribution >= 0.6 is 0 Å². The summed E-state index contributed by atoms with van der Waals surface area (Å²) in [6.07, 6.45) is 0.717. The van der Waals surface area contributed by atoms with E-state index < -0.39 is 15.1 Å². The van der Waals surface area contributed by atoms with Crippen molar-refractivity contribution in [3.8, 4) is 5.75 Å². The Balaban J connectivity index is 1.48. The Morgan fingerprint density at radius 2 is 1.75 bits per heavy atom. The van der Waals surface area contributed by atoms with E-state index in [1.54, 1.807) is 11.0 Å². The molecule has 4 rings (SSSR count). The number of aromatic nitrogens is 1. The van der Waals surface area contributed by atoms with Crippen molar-refractivity contribution in [2.45, 2.75) is 23.0 Å². The van der Waals surface area contributed by atoms with Gasteiger partial charge in [0.25, 0.3) is 5.91 Å². The van der Waals surface area contributed by atoms with Crippen molar-refractivity contribution in [1.29, 1.82) is 0 Å². The molecule has 0 saturated carbocycles. The first-order chi connectivity index (χ1) is 13.4. The van der Waals surface area contributed by atoms with Crippen LogP contribution in [0.2, 0.25) is 0 Å². The lowest BCUT2D eigenvalue weighted by atomic mass is 10.1. The molecule has 7 heteroatoms. The number of rotatable bonds is 3. The summed E-state index contributed by atoms with van der Waals surface area (Å²) in [4.78, 5) is 19.0. The van der Waals surface area contributed by atoms with Gasteiger partial charge in [-0.2, -0.15) is 0 Å². The van der Waals surface area contributed by atoms with E-state index in [1.165, 1.54) is 24.3 Å². The molecule has 6 nitrogen and oxygen atoms in total. The first kappa shape index (κ1) is 18.4. The SMILES string of the molecule is O=C(c1ccc2ccccc2n1)N1CCC(S(=O)(=O)c2cccc(O)c2)CC1. The average molecular weight is 396 g/mol. The minimum Gasteiger partial charge on any atom is -0.508 e. The molecule has 2 aromatic carbocycles. The minimum atomic E-state index is -3.54. The highest BCUT2D eigenvalue weighted by Gasteiger charge is 2.33. The van der Waals surface area contributed by atoms with E-state index in [0.717, 1.165) is 10.9 Å². The molecule has 1 aromatic heterocycles. The lowest BCUT2D eigenvalue weighted by Crippen LogP contribution is -2.42. The number of aromatic hydroxyl groups is 1. The highest BCUT2D eigenvalue weighted by molar-refractivity contribution is 7.92. The predicted molar refractivity (Wildman–Crippen MR) is 106 cm³/mol. The highest BCUT2D eigenvalue weighted by atomic mass is 32.2. The van der Waals surface area contributed by atoms with Gasteiger partial charge in [-0.1, -0.05) is 30.3 Å². The van der Waals surface area contributed by atoms with Gasteiger partial charge >= 0.3 is 0 Å². The molecule has 2 heterocycles. The van der Waals surface area contributed by atoms with Gasteiger partial charge in [-0.05, 0) is 43.2 Å². The van der Waals surface area contributed by atoms with E-state index >= 15 is 0 Å². The normalized spacial score (nSPS) is 15.6. The molecule has 1 aliphatic rings. The van der Waals surface area contributed by atoms with Gasteiger partial charge in [-0.25, -0.2) is 13.4 Å². The fourth-order valence-corrected chi connectivity index (χ4v) is 5.34. The number of amides is 1. The molecule has 1 fully saturated rings. The molecular formula is C21H20N2O4S. The Morgan fingerprint density at radius 3 is 2.50 bits per heavy atom. The van der Waals surface area contributed by atoms with Crippen LogP contribution in [-0.2, 0) is 9.84 Å². The number of hydrogen-bond donors (Lipinski definition) is 1. The van der Waals surface area contributed by atoms with E-state index in [1.807, 2.05) is 30.3 Å². The summed E-state index contributed by atoms with van der Waals surface area (Å²) in [5, 5.41) is 9.97. The first-order valence-corrected chi connectivity index (χ1v) is 10.7. The Bertz CT molecular complexity index is 1140. The zero-order valence-corrected chi connectivity index (χ0v) is 16.0. The third-order valence-electron chi connectivity index (χ3n) is 5.13. The number of piperidine rings is 1. The summed E-state index contributed by atoms with van der Waals surface area (Å²) in [6.45, 7) is 0.714. The molecule has 144 valence electrons. The van der Waals surface area contributed by atoms with Crippen LogP contribution in [0.25, 0.3) is 10.9 Å². The number of sulfone groups is 1. The van der Waals surface area contributed by atoms with Crippen molar-refractivity contribution in [3.05, 3.63) is 66.4 Å². The van der Waals surface area contributed by atoms with Crippen LogP contribution in [0.1, 0.15) is 23.3 Å². The molecular weight excluding hydrogens is 376 g/mol. The van der Waals surface area contributed by atoms with Crippen LogP contribution in [0.15, 0.2) is 65.6 Å². The monoisotopic (exact) mass is 396 g/mol. The number of fused-ring (bicyclic) bond motifs is 1. The molecule has 1 aliphatic heterocycles. The van der Waals surface area contributed by atoms with Gasteiger partial charge in [0.05, 0.1) is 15.7 Å². The standard InChI is InChI=1S/C21H20N2O4S/c24-16-5-3-6-18(14-16)28(26,27)17-10-12-23(13-11-17)21(25)20-9-8-15-4-1-2-7-19(15)22-20/h1-9,14,17,24H,10-13H2. The third kappa shape index (κ3) is 3.45. The van der Waals surface area contributed by atoms with Crippen molar-refractivity contribution in [2.75, 3.05) is 13.1 Å². The van der Waals surface area contributed by atoms with Gasteiger partial charge in [-0.15, -0.1) is 0 Å². The number of para-hydroxylation sites is 1. The van der Waals surface area contributed by atoms with E-state index in [0.29, 0.717) is 31.6 Å². The van der Waals surface area contributed by atoms with E-state index in [9.17, 15) is 18.3 Å². The molecule has 0 bridgehead atoms. The van der Waals surface area contributed by atoms with Crippen LogP contribution in [-0.4, -0.2) is 47.7 Å². The number of carbonyl (C=O) groups is 1. The summed E-state index contributed by atoms with van der Waals surface area (Å²) >= 11 is 0. The molecule has 1 amide bonds. The molecule has 0 spiro atoms. The number of pyridine rings is 1. The number of phenols is 1. The van der Waals surface area contributed by atoms with E-state index in [-0.39, 0.29) is 16.6 Å². The molecule has 3 aromatic rings. The summed E-state index contributed by atoms with van der Waals surface area (Å²) in [5.41, 5.74) is 1.13. The average Bonchev–Trinajstić information content (AvgIpc) is 2.73. The van der Waals surface area contributed by atoms with Gasteiger partial charge in [-0.3, -0.25) is 4.79 Å². The summed E-state index contributed by atoms with van der Waals surface area (Å²) in [6, 6.07) is 16.9. The molecule has 0 aliphatic carbocycles. The molecule has 28 heavy (non-hydrogen) atoms. The molecule has 1 saturated heterocycles. The molecule has 0 unspecified atom stereocenters. The van der Waals surface area contributed by atoms with Crippen molar-refractivity contribution in [3.63, 3.8) is 0 Å². The van der Waals surface area contributed by atoms with Crippen molar-refractivity contribution in [2.24, 2.45) is 0 Å². The van der Waals surface area contributed by atoms with Crippen LogP contribution in [0.3, 0.4) is 0 Å². The topological polar surface area (TPSA) is 87.6 Å². The Kier molecular flexibility index (Phi) is 4.77. The number of benzene rings is 2. The van der Waals surface area contributed by atoms with Crippen molar-refractivity contribution >= 4 is 26.6 Å². The molecule has 1 N–H and O–H groups in total. The van der Waals surface area contributed by atoms with Gasteiger partial charge in [0, 0.05) is 18.5 Å². The maximum Gasteiger partial charge on any atom is 0.272 e. The summed E-state index contributed by atoms with van der Waals surface area (Å²) in [5.74, 6) is -0.255. The number of phenolic OH excluding ortho intramolecular Hbond substituents is 1. The lowest BCUT2D eigenvalue weighted by molar-refractivity contribution is 0.0720. The van der Waals surface area contributed by atoms with Crippen LogP contribution in [0.4, 0.5) is 0 Å². The lowest BCUT2D eigenvalue weighted by Gasteiger charge is -2.31. The number of hydrogen-bond acceptors (Lipinski definition) is 5. The third-order valence-corrected chi connectivity index (χ3v) is 7.39. The highest BCUT2D eigenvalue weighted by Crippen LogP contribution is 2.27. The van der Waals surface area contributed by atoms with Gasteiger partial charge in [0.15, 0.2) is 9.84 Å². The molecule has 0 radical (unpaired) electrons. The predicted octanol–water partition coefficient (Wildman–Crippen LogP) is 3.02. The van der Waals surface area contributed by atoms with Crippen LogP contribution in [0.5, 0.6) is 5.75 Å². The Hall–Kier alpha value is -2.93. The zero-order chi connectivity index (χ0) is 19.7. The number of likely N-dealkylation sites (tertiary alicyclic amines) is 1. The quantitative estimate of drug-likeness (QED) is 0.735. The smallest absolute Gasteiger partial charge is 0.272 e. The first-order valence-electron chi connectivity index (χ1n) is 9.13. The second kappa shape index (κ2) is 7.24. The largest absolute Gasteiger partial charge is 0.508 e. The van der Waals surface area contributed by atoms with Gasteiger partial charge in [0.2, 0.25) is 0 Å². The summed E-state index contributed by atoms with van der Waals surface area (Å²) < 4.78 is 25.6. The second-order valence-corrected chi connectivity index (χ2v) is 9.15. The van der Waals surface area contributed by atoms with Crippen molar-refractivity contribution in [1.82, 2.24) is 9.88 Å². The van der Waals surface area contributed by atoms with Crippen LogP contribution < -0.4 is 0 Å². The second-order valence-electron chi connectivity index (χ2n) is 6.92. The van der Waals surface area contributed by atoms with E-state index in [2.05, 4.69) is 4.98 Å². The zero-order valence-electron chi connectivity index (χ0n) is 15.2. The minimum absolute atomic E-state index is 0.0731. The Labute approximate surface area is 163 Å². The van der Waals surface area contributed by atoms with Gasteiger partial charge in [0.1, 0.15) is 11.4 Å². The maximum atomic E-state index is 12.8. The molecule has 0 atom stereocenters. The maximum absolute atomic E-state index is 12.8. The summed E-state index contributed by atoms with van der Waals surface area (Å²) in [7, 11) is -3.54.